The highest BCUT2D eigenvalue weighted by Crippen LogP contribution is 2.08. The van der Waals surface area contributed by atoms with Gasteiger partial charge in [-0.3, -0.25) is 19.4 Å². The third-order valence-electron chi connectivity index (χ3n) is 6.03. The Morgan fingerprint density at radius 1 is 0.615 bits per heavy atom. The molecule has 0 aliphatic carbocycles. The minimum Gasteiger partial charge on any atom is -0.480 e. The highest BCUT2D eigenvalue weighted by molar-refractivity contribution is 5.94. The number of carbonyl (C=O) groups is 4. The minimum atomic E-state index is -1.19. The van der Waals surface area contributed by atoms with Crippen molar-refractivity contribution in [2.45, 2.75) is 94.8 Å². The topological polar surface area (TPSA) is 293 Å². The number of carboxylic acids is 1. The summed E-state index contributed by atoms with van der Waals surface area (Å²) in [4.78, 5) is 54.6. The monoisotopic (exact) mass is 558 g/mol. The fourth-order valence-electron chi connectivity index (χ4n) is 3.75. The number of carboxylic acid groups (broad SMARTS) is 1. The molecule has 4 unspecified atom stereocenters. The van der Waals surface area contributed by atoms with Crippen molar-refractivity contribution in [2.75, 3.05) is 26.2 Å². The van der Waals surface area contributed by atoms with Crippen LogP contribution in [0.4, 0.5) is 0 Å². The largest absolute Gasteiger partial charge is 0.480 e. The van der Waals surface area contributed by atoms with Gasteiger partial charge < -0.3 is 55.5 Å². The molecule has 0 radical (unpaired) electrons. The second-order valence-corrected chi connectivity index (χ2v) is 9.43. The molecule has 0 rings (SSSR count). The fourth-order valence-corrected chi connectivity index (χ4v) is 3.75. The van der Waals surface area contributed by atoms with Gasteiger partial charge in [0.2, 0.25) is 17.7 Å². The SMILES string of the molecule is NCCCCC(N)C(=O)NC(CCCCN)C(=O)NC(CCCN=C(N)N)C(=O)NC(CCCCN)C(=O)O. The second-order valence-electron chi connectivity index (χ2n) is 9.43. The third-order valence-corrected chi connectivity index (χ3v) is 6.03. The smallest absolute Gasteiger partial charge is 0.326 e. The van der Waals surface area contributed by atoms with Gasteiger partial charge in [0.05, 0.1) is 6.04 Å². The van der Waals surface area contributed by atoms with Crippen LogP contribution < -0.4 is 50.4 Å². The molecule has 0 bridgehead atoms. The molecule has 15 nitrogen and oxygen atoms in total. The molecular weight excluding hydrogens is 508 g/mol. The van der Waals surface area contributed by atoms with Crippen molar-refractivity contribution in [3.8, 4) is 0 Å². The highest BCUT2D eigenvalue weighted by atomic mass is 16.4. The predicted molar refractivity (Wildman–Crippen MR) is 150 cm³/mol. The Kier molecular flexibility index (Phi) is 20.2. The zero-order valence-corrected chi connectivity index (χ0v) is 22.9. The van der Waals surface area contributed by atoms with E-state index < -0.39 is 47.9 Å². The van der Waals surface area contributed by atoms with E-state index in [0.29, 0.717) is 64.6 Å². The Balaban J connectivity index is 5.58. The van der Waals surface area contributed by atoms with Crippen LogP contribution in [0.1, 0.15) is 70.6 Å². The van der Waals surface area contributed by atoms with E-state index in [9.17, 15) is 24.3 Å². The van der Waals surface area contributed by atoms with Gasteiger partial charge in [-0.1, -0.05) is 6.42 Å². The van der Waals surface area contributed by atoms with E-state index in [2.05, 4.69) is 20.9 Å². The minimum absolute atomic E-state index is 0.114. The number of aliphatic imine (C=N–C) groups is 1. The van der Waals surface area contributed by atoms with Crippen molar-refractivity contribution in [2.24, 2.45) is 39.4 Å². The summed E-state index contributed by atoms with van der Waals surface area (Å²) in [6.07, 6.45) is 5.04. The number of hydrogen-bond donors (Lipinski definition) is 10. The van der Waals surface area contributed by atoms with Crippen LogP contribution in [0.3, 0.4) is 0 Å². The Bertz CT molecular complexity index is 764. The van der Waals surface area contributed by atoms with Crippen LogP contribution in [0.25, 0.3) is 0 Å². The van der Waals surface area contributed by atoms with Gasteiger partial charge in [0, 0.05) is 6.54 Å². The van der Waals surface area contributed by atoms with Gasteiger partial charge in [0.1, 0.15) is 18.1 Å². The molecule has 15 heteroatoms. The fraction of sp³-hybridized carbons (Fsp3) is 0.792. The second kappa shape index (κ2) is 21.9. The van der Waals surface area contributed by atoms with Crippen LogP contribution in [0.2, 0.25) is 0 Å². The van der Waals surface area contributed by atoms with Crippen LogP contribution in [-0.2, 0) is 19.2 Å². The van der Waals surface area contributed by atoms with E-state index in [-0.39, 0.29) is 31.8 Å². The zero-order valence-electron chi connectivity index (χ0n) is 22.9. The Hall–Kier alpha value is -3.01. The molecule has 0 spiro atoms. The van der Waals surface area contributed by atoms with Crippen molar-refractivity contribution in [1.82, 2.24) is 16.0 Å². The first-order valence-electron chi connectivity index (χ1n) is 13.6. The van der Waals surface area contributed by atoms with Gasteiger partial charge >= 0.3 is 5.97 Å². The number of rotatable bonds is 23. The number of carbonyl (C=O) groups excluding carboxylic acids is 3. The van der Waals surface area contributed by atoms with Crippen molar-refractivity contribution >= 4 is 29.7 Å². The highest BCUT2D eigenvalue weighted by Gasteiger charge is 2.30. The molecule has 39 heavy (non-hydrogen) atoms. The molecule has 0 aromatic heterocycles. The van der Waals surface area contributed by atoms with Crippen LogP contribution in [0.15, 0.2) is 4.99 Å². The first-order valence-corrected chi connectivity index (χ1v) is 13.6. The van der Waals surface area contributed by atoms with E-state index >= 15 is 0 Å². The number of nitrogens with two attached hydrogens (primary N) is 6. The Labute approximate surface area is 230 Å². The molecule has 3 amide bonds. The summed E-state index contributed by atoms with van der Waals surface area (Å²) in [5, 5.41) is 17.4. The van der Waals surface area contributed by atoms with Crippen LogP contribution in [0, 0.1) is 0 Å². The lowest BCUT2D eigenvalue weighted by atomic mass is 10.0. The molecule has 0 heterocycles. The first kappa shape index (κ1) is 36.0. The summed E-state index contributed by atoms with van der Waals surface area (Å²) in [7, 11) is 0. The lowest BCUT2D eigenvalue weighted by molar-refractivity contribution is -0.142. The lowest BCUT2D eigenvalue weighted by Crippen LogP contribution is -2.57. The Morgan fingerprint density at radius 3 is 1.49 bits per heavy atom. The maximum absolute atomic E-state index is 13.3. The maximum atomic E-state index is 13.3. The van der Waals surface area contributed by atoms with E-state index in [1.165, 1.54) is 0 Å². The van der Waals surface area contributed by atoms with Crippen molar-refractivity contribution in [3.63, 3.8) is 0 Å². The molecule has 0 fully saturated rings. The number of nitrogens with one attached hydrogen (secondary N) is 3. The molecule has 4 atom stereocenters. The molecule has 0 aliphatic heterocycles. The number of amides is 3. The standard InChI is InChI=1S/C24H50N10O5/c25-12-4-1-8-16(28)20(35)32-17(9-2-5-13-26)21(36)33-18(11-7-15-31-24(29)30)22(37)34-19(23(38)39)10-3-6-14-27/h16-19H,1-15,25-28H2,(H,32,35)(H,33,36)(H,34,37)(H,38,39)(H4,29,30,31). The molecule has 0 aromatic carbocycles. The van der Waals surface area contributed by atoms with Crippen LogP contribution in [-0.4, -0.2) is 85.1 Å². The summed E-state index contributed by atoms with van der Waals surface area (Å²) >= 11 is 0. The van der Waals surface area contributed by atoms with E-state index in [1.54, 1.807) is 0 Å². The van der Waals surface area contributed by atoms with Crippen molar-refractivity contribution in [1.29, 1.82) is 0 Å². The average molecular weight is 559 g/mol. The van der Waals surface area contributed by atoms with E-state index in [1.807, 2.05) is 0 Å². The van der Waals surface area contributed by atoms with Gasteiger partial charge in [0.15, 0.2) is 5.96 Å². The van der Waals surface area contributed by atoms with Gasteiger partial charge in [-0.05, 0) is 83.8 Å². The van der Waals surface area contributed by atoms with E-state index in [4.69, 9.17) is 34.4 Å². The van der Waals surface area contributed by atoms with Gasteiger partial charge in [-0.15, -0.1) is 0 Å². The number of hydrogen-bond acceptors (Lipinski definition) is 9. The van der Waals surface area contributed by atoms with Gasteiger partial charge in [0.25, 0.3) is 0 Å². The predicted octanol–water partition coefficient (Wildman–Crippen LogP) is -2.71. The van der Waals surface area contributed by atoms with Crippen LogP contribution in [0.5, 0.6) is 0 Å². The van der Waals surface area contributed by atoms with Crippen molar-refractivity contribution < 1.29 is 24.3 Å². The number of aliphatic carboxylic acids is 1. The number of guanidine groups is 1. The molecule has 0 saturated heterocycles. The van der Waals surface area contributed by atoms with Crippen molar-refractivity contribution in [3.05, 3.63) is 0 Å². The molecule has 0 aliphatic rings. The molecule has 226 valence electrons. The zero-order chi connectivity index (χ0) is 29.6. The quantitative estimate of drug-likeness (QED) is 0.0349. The first-order chi connectivity index (χ1) is 18.6. The summed E-state index contributed by atoms with van der Waals surface area (Å²) in [5.41, 5.74) is 33.2. The lowest BCUT2D eigenvalue weighted by Gasteiger charge is -2.25. The summed E-state index contributed by atoms with van der Waals surface area (Å²) < 4.78 is 0. The maximum Gasteiger partial charge on any atom is 0.326 e. The summed E-state index contributed by atoms with van der Waals surface area (Å²) in [6, 6.07) is -4.01. The molecule has 16 N–H and O–H groups in total. The van der Waals surface area contributed by atoms with Gasteiger partial charge in [-0.25, -0.2) is 4.79 Å². The number of nitrogens with zero attached hydrogens (tertiary/aromatic N) is 1. The molecule has 0 aromatic rings. The summed E-state index contributed by atoms with van der Waals surface area (Å²) in [6.45, 7) is 1.51. The molecular formula is C24H50N10O5. The average Bonchev–Trinajstić information content (AvgIpc) is 2.88. The van der Waals surface area contributed by atoms with E-state index in [0.717, 1.165) is 6.42 Å². The van der Waals surface area contributed by atoms with Crippen LogP contribution >= 0.6 is 0 Å². The normalized spacial score (nSPS) is 13.9. The number of unbranched alkanes of at least 4 members (excludes halogenated alkanes) is 3. The molecule has 0 saturated carbocycles. The summed E-state index contributed by atoms with van der Waals surface area (Å²) in [5.74, 6) is -3.05. The third kappa shape index (κ3) is 17.2. The Morgan fingerprint density at radius 2 is 1.03 bits per heavy atom. The van der Waals surface area contributed by atoms with Gasteiger partial charge in [-0.2, -0.15) is 0 Å².